The highest BCUT2D eigenvalue weighted by atomic mass is 32.2. The first-order chi connectivity index (χ1) is 18.7. The van der Waals surface area contributed by atoms with E-state index in [1.54, 1.807) is 43.3 Å². The number of hydrogen-bond acceptors (Lipinski definition) is 9. The fourth-order valence-corrected chi connectivity index (χ4v) is 3.72. The van der Waals surface area contributed by atoms with Crippen LogP contribution in [0.4, 0.5) is 0 Å². The third kappa shape index (κ3) is 15.7. The summed E-state index contributed by atoms with van der Waals surface area (Å²) in [6.45, 7) is 6.59. The summed E-state index contributed by atoms with van der Waals surface area (Å²) in [5.41, 5.74) is 2.16. The second-order valence-electron chi connectivity index (χ2n) is 9.15. The fourth-order valence-electron chi connectivity index (χ4n) is 2.28. The average Bonchev–Trinajstić information content (AvgIpc) is 2.88. The van der Waals surface area contributed by atoms with E-state index in [4.69, 9.17) is 29.0 Å². The highest BCUT2D eigenvalue weighted by molar-refractivity contribution is 7.86. The molecule has 0 bridgehead atoms. The van der Waals surface area contributed by atoms with Gasteiger partial charge in [-0.25, -0.2) is 0 Å². The van der Waals surface area contributed by atoms with Crippen LogP contribution >= 0.6 is 0 Å². The molecule has 6 N–H and O–H groups in total. The lowest BCUT2D eigenvalue weighted by atomic mass is 9.95. The minimum Gasteiger partial charge on any atom is -0.396 e. The van der Waals surface area contributed by atoms with Crippen molar-refractivity contribution in [3.05, 3.63) is 89.5 Å². The lowest BCUT2D eigenvalue weighted by Gasteiger charge is -2.20. The molecular weight excluding hydrogens is 600 g/mol. The Bertz CT molecular complexity index is 1330. The van der Waals surface area contributed by atoms with E-state index in [9.17, 15) is 25.3 Å². The lowest BCUT2D eigenvalue weighted by Crippen LogP contribution is -2.29. The van der Waals surface area contributed by atoms with Crippen LogP contribution in [-0.2, 0) is 30.4 Å². The van der Waals surface area contributed by atoms with E-state index < -0.39 is 35.8 Å². The number of aliphatic hydroxyl groups is 3. The van der Waals surface area contributed by atoms with Gasteiger partial charge in [-0.1, -0.05) is 60.0 Å². The van der Waals surface area contributed by atoms with Gasteiger partial charge in [0.05, 0.1) is 34.5 Å². The smallest absolute Gasteiger partial charge is 0.294 e. The van der Waals surface area contributed by atoms with Gasteiger partial charge in [-0.15, -0.1) is 0 Å². The van der Waals surface area contributed by atoms with E-state index in [1.165, 1.54) is 36.4 Å². The van der Waals surface area contributed by atoms with Crippen molar-refractivity contribution in [3.63, 3.8) is 0 Å². The highest BCUT2D eigenvalue weighted by Gasteiger charge is 2.20. The van der Waals surface area contributed by atoms with Gasteiger partial charge in [0.1, 0.15) is 0 Å². The number of aryl methyl sites for hydroxylation is 3. The molecule has 0 aliphatic heterocycles. The summed E-state index contributed by atoms with van der Waals surface area (Å²) in [6.07, 6.45) is 0. The molecule has 15 heteroatoms. The van der Waals surface area contributed by atoms with Gasteiger partial charge in [0.15, 0.2) is 0 Å². The highest BCUT2D eigenvalue weighted by Crippen LogP contribution is 2.11. The van der Waals surface area contributed by atoms with Gasteiger partial charge < -0.3 is 15.3 Å². The van der Waals surface area contributed by atoms with Crippen molar-refractivity contribution in [3.8, 4) is 0 Å². The van der Waals surface area contributed by atoms with Gasteiger partial charge in [-0.3, -0.25) is 13.7 Å². The fraction of sp³-hybridized carbons (Fsp3) is 0.308. The summed E-state index contributed by atoms with van der Waals surface area (Å²) < 4.78 is 88.7. The molecule has 0 saturated heterocycles. The van der Waals surface area contributed by atoms with Gasteiger partial charge >= 0.3 is 0 Å². The van der Waals surface area contributed by atoms with E-state index >= 15 is 0 Å². The SMILES string of the molecule is CC(CO)(CO)CO.Cc1ccc(S(=O)(=O)O)cc1.Cc1ccc(S(=O)(=O)O)cc1.Cc1ccc(S(=O)(=O)O)cc1. The third-order valence-electron chi connectivity index (χ3n) is 5.10. The van der Waals surface area contributed by atoms with Crippen LogP contribution in [0.2, 0.25) is 0 Å². The molecule has 0 aliphatic carbocycles. The third-order valence-corrected chi connectivity index (χ3v) is 7.71. The molecule has 0 saturated carbocycles. The van der Waals surface area contributed by atoms with Crippen LogP contribution in [0.5, 0.6) is 0 Å². The minimum atomic E-state index is -4.02. The van der Waals surface area contributed by atoms with Crippen molar-refractivity contribution in [1.82, 2.24) is 0 Å². The molecule has 3 aromatic rings. The van der Waals surface area contributed by atoms with Gasteiger partial charge in [-0.2, -0.15) is 25.3 Å². The summed E-state index contributed by atoms with van der Waals surface area (Å²) in [6, 6.07) is 18.0. The summed E-state index contributed by atoms with van der Waals surface area (Å²) >= 11 is 0. The molecule has 0 fully saturated rings. The van der Waals surface area contributed by atoms with E-state index in [0.717, 1.165) is 16.7 Å². The van der Waals surface area contributed by atoms with Crippen molar-refractivity contribution < 1.29 is 54.2 Å². The lowest BCUT2D eigenvalue weighted by molar-refractivity contribution is 0.0200. The summed E-state index contributed by atoms with van der Waals surface area (Å²) in [7, 11) is -12.1. The summed E-state index contributed by atoms with van der Waals surface area (Å²) in [4.78, 5) is -0.200. The zero-order chi connectivity index (χ0) is 32.1. The quantitative estimate of drug-likeness (QED) is 0.215. The Kier molecular flexibility index (Phi) is 15.5. The maximum absolute atomic E-state index is 10.5. The number of aliphatic hydroxyl groups excluding tert-OH is 3. The largest absolute Gasteiger partial charge is 0.396 e. The van der Waals surface area contributed by atoms with E-state index in [2.05, 4.69) is 0 Å². The Morgan fingerprint density at radius 2 is 0.634 bits per heavy atom. The molecule has 0 unspecified atom stereocenters. The number of hydrogen-bond donors (Lipinski definition) is 6. The zero-order valence-corrected chi connectivity index (χ0v) is 25.4. The van der Waals surface area contributed by atoms with Crippen LogP contribution in [0, 0.1) is 26.2 Å². The molecule has 3 aromatic carbocycles. The molecule has 0 heterocycles. The first kappa shape index (κ1) is 38.3. The molecule has 0 radical (unpaired) electrons. The van der Waals surface area contributed by atoms with Gasteiger partial charge in [0.25, 0.3) is 30.4 Å². The second-order valence-corrected chi connectivity index (χ2v) is 13.4. The molecule has 41 heavy (non-hydrogen) atoms. The predicted octanol–water partition coefficient (Wildman–Crippen LogP) is 2.69. The monoisotopic (exact) mass is 636 g/mol. The van der Waals surface area contributed by atoms with Crippen molar-refractivity contribution >= 4 is 30.4 Å². The maximum atomic E-state index is 10.5. The Balaban J connectivity index is 0.000000525. The molecule has 0 aliphatic rings. The van der Waals surface area contributed by atoms with Crippen molar-refractivity contribution in [2.75, 3.05) is 19.8 Å². The van der Waals surface area contributed by atoms with E-state index in [1.807, 2.05) is 20.8 Å². The molecule has 0 atom stereocenters. The van der Waals surface area contributed by atoms with Crippen molar-refractivity contribution in [2.45, 2.75) is 42.4 Å². The molecule has 230 valence electrons. The van der Waals surface area contributed by atoms with Crippen molar-refractivity contribution in [1.29, 1.82) is 0 Å². The van der Waals surface area contributed by atoms with Crippen LogP contribution in [0.3, 0.4) is 0 Å². The minimum absolute atomic E-state index is 0.0666. The predicted molar refractivity (Wildman–Crippen MR) is 152 cm³/mol. The van der Waals surface area contributed by atoms with Crippen LogP contribution in [0.1, 0.15) is 23.6 Å². The Hall–Kier alpha value is -2.73. The van der Waals surface area contributed by atoms with Crippen LogP contribution in [0.25, 0.3) is 0 Å². The van der Waals surface area contributed by atoms with Crippen LogP contribution in [-0.4, -0.2) is 74.1 Å². The Morgan fingerprint density at radius 1 is 0.463 bits per heavy atom. The summed E-state index contributed by atoms with van der Waals surface area (Å²) in [5.74, 6) is 0. The maximum Gasteiger partial charge on any atom is 0.294 e. The average molecular weight is 637 g/mol. The topological polar surface area (TPSA) is 224 Å². The standard InChI is InChI=1S/3C7H8O3S.C5H12O3/c3*1-6-2-4-7(5-3-6)11(8,9)10;1-5(2-6,3-7)4-8/h3*2-5H,1H3,(H,8,9,10);6-8H,2-4H2,1H3. The zero-order valence-electron chi connectivity index (χ0n) is 22.9. The van der Waals surface area contributed by atoms with Crippen molar-refractivity contribution in [2.24, 2.45) is 5.41 Å². The molecule has 0 aromatic heterocycles. The normalized spacial score (nSPS) is 11.6. The molecule has 0 amide bonds. The number of benzene rings is 3. The molecular formula is C26H36O12S3. The molecule has 12 nitrogen and oxygen atoms in total. The van der Waals surface area contributed by atoms with Gasteiger partial charge in [0, 0.05) is 5.41 Å². The van der Waals surface area contributed by atoms with Crippen LogP contribution < -0.4 is 0 Å². The Labute approximate surface area is 241 Å². The van der Waals surface area contributed by atoms with E-state index in [0.29, 0.717) is 0 Å². The number of rotatable bonds is 6. The van der Waals surface area contributed by atoms with Gasteiger partial charge in [-0.05, 0) is 57.2 Å². The summed E-state index contributed by atoms with van der Waals surface area (Å²) in [5, 5.41) is 25.4. The Morgan fingerprint density at radius 3 is 0.732 bits per heavy atom. The van der Waals surface area contributed by atoms with Crippen LogP contribution in [0.15, 0.2) is 87.5 Å². The second kappa shape index (κ2) is 16.6. The molecule has 0 spiro atoms. The van der Waals surface area contributed by atoms with Gasteiger partial charge in [0.2, 0.25) is 0 Å². The first-order valence-corrected chi connectivity index (χ1v) is 16.0. The first-order valence-electron chi connectivity index (χ1n) is 11.6. The van der Waals surface area contributed by atoms with E-state index in [-0.39, 0.29) is 34.5 Å². The molecule has 3 rings (SSSR count).